The Balaban J connectivity index is 4.05. The molecule has 4 nitrogen and oxygen atoms in total. The van der Waals surface area contributed by atoms with Crippen LogP contribution in [0.1, 0.15) is 19.8 Å². The van der Waals surface area contributed by atoms with Crippen molar-refractivity contribution in [3.63, 3.8) is 0 Å². The van der Waals surface area contributed by atoms with Crippen LogP contribution < -0.4 is 0 Å². The summed E-state index contributed by atoms with van der Waals surface area (Å²) < 4.78 is 23.4. The van der Waals surface area contributed by atoms with Gasteiger partial charge in [-0.15, -0.1) is 0 Å². The molecule has 5 heteroatoms. The van der Waals surface area contributed by atoms with E-state index in [4.69, 9.17) is 5.11 Å². The lowest BCUT2D eigenvalue weighted by atomic mass is 10.3. The van der Waals surface area contributed by atoms with E-state index in [2.05, 4.69) is 0 Å². The maximum absolute atomic E-state index is 11.0. The van der Waals surface area contributed by atoms with Crippen molar-refractivity contribution in [2.45, 2.75) is 19.8 Å². The zero-order valence-electron chi connectivity index (χ0n) is 7.65. The normalized spacial score (nSPS) is 12.3. The minimum Gasteiger partial charge on any atom is -0.395 e. The van der Waals surface area contributed by atoms with E-state index in [1.807, 2.05) is 6.92 Å². The number of hydrogen-bond acceptors (Lipinski definition) is 3. The van der Waals surface area contributed by atoms with Crippen LogP contribution in [0.15, 0.2) is 0 Å². The largest absolute Gasteiger partial charge is 0.395 e. The molecule has 0 aromatic rings. The summed E-state index contributed by atoms with van der Waals surface area (Å²) in [4.78, 5) is 0. The summed E-state index contributed by atoms with van der Waals surface area (Å²) in [6.45, 7) is 2.60. The summed E-state index contributed by atoms with van der Waals surface area (Å²) >= 11 is 0. The predicted octanol–water partition coefficient (Wildman–Crippen LogP) is 0.0404. The maximum atomic E-state index is 11.0. The van der Waals surface area contributed by atoms with Gasteiger partial charge in [-0.2, -0.15) is 4.31 Å². The molecule has 0 atom stereocenters. The van der Waals surface area contributed by atoms with E-state index in [0.29, 0.717) is 6.54 Å². The number of hydrogen-bond donors (Lipinski definition) is 1. The minimum absolute atomic E-state index is 0.114. The molecule has 0 amide bonds. The monoisotopic (exact) mass is 195 g/mol. The summed E-state index contributed by atoms with van der Waals surface area (Å²) in [7, 11) is -3.13. The Morgan fingerprint density at radius 2 is 1.92 bits per heavy atom. The van der Waals surface area contributed by atoms with Crippen molar-refractivity contribution in [2.75, 3.05) is 26.0 Å². The van der Waals surface area contributed by atoms with Gasteiger partial charge in [0.05, 0.1) is 12.9 Å². The Morgan fingerprint density at radius 3 is 2.25 bits per heavy atom. The molecule has 0 saturated carbocycles. The molecule has 0 fully saturated rings. The third-order valence-corrected chi connectivity index (χ3v) is 2.88. The summed E-state index contributed by atoms with van der Waals surface area (Å²) in [5.74, 6) is 0. The Bertz CT molecular complexity index is 201. The van der Waals surface area contributed by atoms with E-state index in [-0.39, 0.29) is 13.2 Å². The van der Waals surface area contributed by atoms with Gasteiger partial charge >= 0.3 is 0 Å². The van der Waals surface area contributed by atoms with Crippen molar-refractivity contribution in [2.24, 2.45) is 0 Å². The second kappa shape index (κ2) is 5.50. The third-order valence-electron chi connectivity index (χ3n) is 1.58. The fourth-order valence-electron chi connectivity index (χ4n) is 0.889. The lowest BCUT2D eigenvalue weighted by Gasteiger charge is -2.17. The van der Waals surface area contributed by atoms with Gasteiger partial charge in [0.25, 0.3) is 0 Å². The third kappa shape index (κ3) is 4.69. The molecule has 0 aliphatic heterocycles. The van der Waals surface area contributed by atoms with Crippen LogP contribution in [0.4, 0.5) is 0 Å². The van der Waals surface area contributed by atoms with E-state index in [0.717, 1.165) is 12.8 Å². The zero-order chi connectivity index (χ0) is 9.61. The molecule has 0 rings (SSSR count). The molecule has 12 heavy (non-hydrogen) atoms. The highest BCUT2D eigenvalue weighted by molar-refractivity contribution is 7.88. The first kappa shape index (κ1) is 11.9. The van der Waals surface area contributed by atoms with Crippen LogP contribution in [0.2, 0.25) is 0 Å². The Kier molecular flexibility index (Phi) is 5.44. The molecular formula is C7H17NO3S. The predicted molar refractivity (Wildman–Crippen MR) is 48.4 cm³/mol. The van der Waals surface area contributed by atoms with Gasteiger partial charge in [-0.3, -0.25) is 0 Å². The van der Waals surface area contributed by atoms with E-state index in [1.54, 1.807) is 0 Å². The summed E-state index contributed by atoms with van der Waals surface area (Å²) in [6.07, 6.45) is 2.96. The average Bonchev–Trinajstić information content (AvgIpc) is 1.95. The molecule has 1 N–H and O–H groups in total. The molecule has 0 aliphatic carbocycles. The van der Waals surface area contributed by atoms with Crippen LogP contribution in [-0.4, -0.2) is 43.8 Å². The first-order valence-electron chi connectivity index (χ1n) is 4.08. The number of rotatable bonds is 6. The van der Waals surface area contributed by atoms with Crippen molar-refractivity contribution in [3.05, 3.63) is 0 Å². The van der Waals surface area contributed by atoms with Crippen molar-refractivity contribution in [3.8, 4) is 0 Å². The van der Waals surface area contributed by atoms with Crippen molar-refractivity contribution < 1.29 is 13.5 Å². The second-order valence-electron chi connectivity index (χ2n) is 2.74. The SMILES string of the molecule is CCCCN(CCO)S(C)(=O)=O. The Hall–Kier alpha value is -0.130. The molecule has 0 heterocycles. The van der Waals surface area contributed by atoms with Gasteiger partial charge in [0.2, 0.25) is 10.0 Å². The highest BCUT2D eigenvalue weighted by Crippen LogP contribution is 2.00. The topological polar surface area (TPSA) is 57.6 Å². The summed E-state index contributed by atoms with van der Waals surface area (Å²) in [6, 6.07) is 0. The molecule has 74 valence electrons. The lowest BCUT2D eigenvalue weighted by molar-refractivity contribution is 0.253. The molecule has 0 unspecified atom stereocenters. The molecule has 0 aliphatic rings. The van der Waals surface area contributed by atoms with Crippen LogP contribution >= 0.6 is 0 Å². The number of aliphatic hydroxyl groups is 1. The summed E-state index contributed by atoms with van der Waals surface area (Å²) in [5, 5.41) is 8.59. The number of nitrogens with zero attached hydrogens (tertiary/aromatic N) is 1. The van der Waals surface area contributed by atoms with Gasteiger partial charge in [-0.05, 0) is 6.42 Å². The highest BCUT2D eigenvalue weighted by Gasteiger charge is 2.14. The van der Waals surface area contributed by atoms with Crippen LogP contribution in [0, 0.1) is 0 Å². The molecule has 0 aromatic carbocycles. The van der Waals surface area contributed by atoms with Gasteiger partial charge in [-0.25, -0.2) is 8.42 Å². The fourth-order valence-corrected chi connectivity index (χ4v) is 1.76. The van der Waals surface area contributed by atoms with Crippen LogP contribution in [0.25, 0.3) is 0 Å². The maximum Gasteiger partial charge on any atom is 0.211 e. The molecule has 0 bridgehead atoms. The number of sulfonamides is 1. The molecule has 0 spiro atoms. The van der Waals surface area contributed by atoms with Crippen molar-refractivity contribution >= 4 is 10.0 Å². The van der Waals surface area contributed by atoms with Gasteiger partial charge in [0.15, 0.2) is 0 Å². The first-order valence-corrected chi connectivity index (χ1v) is 5.93. The van der Waals surface area contributed by atoms with E-state index < -0.39 is 10.0 Å². The zero-order valence-corrected chi connectivity index (χ0v) is 8.47. The second-order valence-corrected chi connectivity index (χ2v) is 4.72. The van der Waals surface area contributed by atoms with E-state index in [1.165, 1.54) is 10.6 Å². The van der Waals surface area contributed by atoms with E-state index >= 15 is 0 Å². The molecule has 0 saturated heterocycles. The highest BCUT2D eigenvalue weighted by atomic mass is 32.2. The van der Waals surface area contributed by atoms with Gasteiger partial charge in [0.1, 0.15) is 0 Å². The standard InChI is InChI=1S/C7H17NO3S/c1-3-4-5-8(6-7-9)12(2,10)11/h9H,3-7H2,1-2H3. The number of unbranched alkanes of at least 4 members (excludes halogenated alkanes) is 1. The van der Waals surface area contributed by atoms with Crippen molar-refractivity contribution in [1.29, 1.82) is 0 Å². The van der Waals surface area contributed by atoms with Crippen LogP contribution in [-0.2, 0) is 10.0 Å². The fraction of sp³-hybridized carbons (Fsp3) is 1.00. The van der Waals surface area contributed by atoms with Crippen molar-refractivity contribution in [1.82, 2.24) is 4.31 Å². The van der Waals surface area contributed by atoms with Crippen LogP contribution in [0.3, 0.4) is 0 Å². The Morgan fingerprint density at radius 1 is 1.33 bits per heavy atom. The first-order chi connectivity index (χ1) is 5.52. The Labute approximate surface area is 74.2 Å². The summed E-state index contributed by atoms with van der Waals surface area (Å²) in [5.41, 5.74) is 0. The molecule has 0 aromatic heterocycles. The molecular weight excluding hydrogens is 178 g/mol. The van der Waals surface area contributed by atoms with Gasteiger partial charge in [0, 0.05) is 13.1 Å². The molecule has 0 radical (unpaired) electrons. The van der Waals surface area contributed by atoms with E-state index in [9.17, 15) is 8.42 Å². The van der Waals surface area contributed by atoms with Gasteiger partial charge < -0.3 is 5.11 Å². The van der Waals surface area contributed by atoms with Crippen LogP contribution in [0.5, 0.6) is 0 Å². The quantitative estimate of drug-likeness (QED) is 0.651. The lowest BCUT2D eigenvalue weighted by Crippen LogP contribution is -2.33. The van der Waals surface area contributed by atoms with Gasteiger partial charge in [-0.1, -0.05) is 13.3 Å². The average molecular weight is 195 g/mol. The smallest absolute Gasteiger partial charge is 0.211 e. The minimum atomic E-state index is -3.13. The number of aliphatic hydroxyl groups excluding tert-OH is 1.